The van der Waals surface area contributed by atoms with E-state index >= 15 is 0 Å². The predicted molar refractivity (Wildman–Crippen MR) is 70.0 cm³/mol. The minimum absolute atomic E-state index is 0.560. The van der Waals surface area contributed by atoms with Crippen LogP contribution in [0.15, 0.2) is 24.3 Å². The van der Waals surface area contributed by atoms with Gasteiger partial charge in [-0.3, -0.25) is 4.90 Å². The molecular formula is C13H20BNO2. The minimum Gasteiger partial charge on any atom is -0.423 e. The van der Waals surface area contributed by atoms with Crippen molar-refractivity contribution < 1.29 is 10.0 Å². The Morgan fingerprint density at radius 3 is 2.06 bits per heavy atom. The molecule has 0 bridgehead atoms. The molecule has 0 radical (unpaired) electrons. The number of hydrogen-bond donors (Lipinski definition) is 2. The summed E-state index contributed by atoms with van der Waals surface area (Å²) in [5, 5.41) is 18.0. The second kappa shape index (κ2) is 6.19. The zero-order valence-corrected chi connectivity index (χ0v) is 10.2. The van der Waals surface area contributed by atoms with Crippen molar-refractivity contribution in [3.8, 4) is 0 Å². The first-order chi connectivity index (χ1) is 8.25. The van der Waals surface area contributed by atoms with Gasteiger partial charge in [0.15, 0.2) is 0 Å². The molecule has 17 heavy (non-hydrogen) atoms. The van der Waals surface area contributed by atoms with E-state index in [9.17, 15) is 0 Å². The van der Waals surface area contributed by atoms with Crippen molar-refractivity contribution in [2.45, 2.75) is 32.2 Å². The Labute approximate surface area is 103 Å². The van der Waals surface area contributed by atoms with Crippen molar-refractivity contribution in [1.82, 2.24) is 4.90 Å². The van der Waals surface area contributed by atoms with Gasteiger partial charge < -0.3 is 10.0 Å². The van der Waals surface area contributed by atoms with Gasteiger partial charge in [-0.1, -0.05) is 37.1 Å². The second-order valence-electron chi connectivity index (χ2n) is 4.81. The van der Waals surface area contributed by atoms with Crippen LogP contribution in [0.3, 0.4) is 0 Å². The normalized spacial score (nSPS) is 17.8. The Kier molecular flexibility index (Phi) is 4.60. The van der Waals surface area contributed by atoms with Crippen LogP contribution in [0.5, 0.6) is 0 Å². The fourth-order valence-corrected chi connectivity index (χ4v) is 2.35. The summed E-state index contributed by atoms with van der Waals surface area (Å²) in [6, 6.07) is 7.55. The highest BCUT2D eigenvalue weighted by Crippen LogP contribution is 2.12. The van der Waals surface area contributed by atoms with Crippen molar-refractivity contribution in [1.29, 1.82) is 0 Å². The first-order valence-corrected chi connectivity index (χ1v) is 6.43. The Morgan fingerprint density at radius 1 is 0.941 bits per heavy atom. The number of hydrogen-bond acceptors (Lipinski definition) is 3. The summed E-state index contributed by atoms with van der Waals surface area (Å²) in [5.74, 6) is 0. The molecule has 92 valence electrons. The molecule has 1 aromatic rings. The Morgan fingerprint density at radius 2 is 1.53 bits per heavy atom. The summed E-state index contributed by atoms with van der Waals surface area (Å²) < 4.78 is 0. The maximum absolute atomic E-state index is 9.02. The van der Waals surface area contributed by atoms with Gasteiger partial charge in [0, 0.05) is 6.54 Å². The molecule has 1 heterocycles. The van der Waals surface area contributed by atoms with Gasteiger partial charge in [0.1, 0.15) is 0 Å². The van der Waals surface area contributed by atoms with Gasteiger partial charge in [-0.15, -0.1) is 0 Å². The lowest BCUT2D eigenvalue weighted by atomic mass is 9.80. The number of likely N-dealkylation sites (tertiary alicyclic amines) is 1. The molecule has 2 rings (SSSR count). The molecule has 2 N–H and O–H groups in total. The van der Waals surface area contributed by atoms with Crippen LogP contribution in [0.4, 0.5) is 0 Å². The van der Waals surface area contributed by atoms with E-state index in [0.29, 0.717) is 5.46 Å². The number of nitrogens with zero attached hydrogens (tertiary/aromatic N) is 1. The Bertz CT molecular complexity index is 332. The van der Waals surface area contributed by atoms with Crippen molar-refractivity contribution in [2.75, 3.05) is 13.1 Å². The van der Waals surface area contributed by atoms with Gasteiger partial charge in [0.25, 0.3) is 0 Å². The fraction of sp³-hybridized carbons (Fsp3) is 0.538. The standard InChI is InChI=1S/C13H20BNO2/c16-14(17)13-7-5-12(6-8-13)11-15-9-3-1-2-4-10-15/h5-8,16-17H,1-4,9-11H2. The Hall–Kier alpha value is -0.835. The van der Waals surface area contributed by atoms with Crippen LogP contribution < -0.4 is 5.46 Å². The van der Waals surface area contributed by atoms with Gasteiger partial charge in [-0.2, -0.15) is 0 Å². The molecule has 1 aliphatic heterocycles. The first kappa shape index (κ1) is 12.6. The third kappa shape index (κ3) is 3.84. The highest BCUT2D eigenvalue weighted by atomic mass is 16.4. The summed E-state index contributed by atoms with van der Waals surface area (Å²) >= 11 is 0. The van der Waals surface area contributed by atoms with E-state index in [4.69, 9.17) is 10.0 Å². The molecule has 0 amide bonds. The van der Waals surface area contributed by atoms with Crippen LogP contribution >= 0.6 is 0 Å². The average Bonchev–Trinajstić information content (AvgIpc) is 2.58. The van der Waals surface area contributed by atoms with E-state index in [-0.39, 0.29) is 0 Å². The maximum atomic E-state index is 9.02. The number of benzene rings is 1. The monoisotopic (exact) mass is 233 g/mol. The van der Waals surface area contributed by atoms with Crippen molar-refractivity contribution >= 4 is 12.6 Å². The average molecular weight is 233 g/mol. The topological polar surface area (TPSA) is 43.7 Å². The molecule has 0 unspecified atom stereocenters. The van der Waals surface area contributed by atoms with Crippen LogP contribution in [0, 0.1) is 0 Å². The lowest BCUT2D eigenvalue weighted by Crippen LogP contribution is -2.30. The molecule has 4 heteroatoms. The van der Waals surface area contributed by atoms with E-state index in [1.54, 1.807) is 12.1 Å². The third-order valence-corrected chi connectivity index (χ3v) is 3.38. The summed E-state index contributed by atoms with van der Waals surface area (Å²) in [6.07, 6.45) is 5.30. The second-order valence-corrected chi connectivity index (χ2v) is 4.81. The molecule has 1 aromatic carbocycles. The summed E-state index contributed by atoms with van der Waals surface area (Å²) in [4.78, 5) is 2.48. The van der Waals surface area contributed by atoms with Gasteiger partial charge in [0.2, 0.25) is 0 Å². The van der Waals surface area contributed by atoms with Gasteiger partial charge in [-0.25, -0.2) is 0 Å². The maximum Gasteiger partial charge on any atom is 0.488 e. The molecule has 1 saturated heterocycles. The fourth-order valence-electron chi connectivity index (χ4n) is 2.35. The lowest BCUT2D eigenvalue weighted by Gasteiger charge is -2.19. The molecule has 0 aliphatic carbocycles. The third-order valence-electron chi connectivity index (χ3n) is 3.38. The molecule has 0 saturated carbocycles. The first-order valence-electron chi connectivity index (χ1n) is 6.43. The van der Waals surface area contributed by atoms with Crippen molar-refractivity contribution in [3.63, 3.8) is 0 Å². The highest BCUT2D eigenvalue weighted by Gasteiger charge is 2.12. The van der Waals surface area contributed by atoms with E-state index in [2.05, 4.69) is 4.90 Å². The molecule has 0 spiro atoms. The predicted octanol–water partition coefficient (Wildman–Crippen LogP) is 0.742. The van der Waals surface area contributed by atoms with Crippen LogP contribution in [0.2, 0.25) is 0 Å². The largest absolute Gasteiger partial charge is 0.488 e. The van der Waals surface area contributed by atoms with E-state index in [1.165, 1.54) is 44.3 Å². The molecular weight excluding hydrogens is 213 g/mol. The van der Waals surface area contributed by atoms with Crippen LogP contribution in [-0.2, 0) is 6.54 Å². The van der Waals surface area contributed by atoms with Crippen LogP contribution in [0.1, 0.15) is 31.2 Å². The molecule has 0 atom stereocenters. The van der Waals surface area contributed by atoms with Gasteiger partial charge >= 0.3 is 7.12 Å². The van der Waals surface area contributed by atoms with Crippen LogP contribution in [0.25, 0.3) is 0 Å². The van der Waals surface area contributed by atoms with E-state index in [1.807, 2.05) is 12.1 Å². The van der Waals surface area contributed by atoms with E-state index in [0.717, 1.165) is 6.54 Å². The zero-order chi connectivity index (χ0) is 12.1. The summed E-state index contributed by atoms with van der Waals surface area (Å²) in [5.41, 5.74) is 1.81. The van der Waals surface area contributed by atoms with Crippen molar-refractivity contribution in [3.05, 3.63) is 29.8 Å². The van der Waals surface area contributed by atoms with Gasteiger partial charge in [0.05, 0.1) is 0 Å². The summed E-state index contributed by atoms with van der Waals surface area (Å²) in [6.45, 7) is 3.34. The van der Waals surface area contributed by atoms with Crippen molar-refractivity contribution in [2.24, 2.45) is 0 Å². The number of rotatable bonds is 3. The highest BCUT2D eigenvalue weighted by molar-refractivity contribution is 6.58. The molecule has 1 fully saturated rings. The Balaban J connectivity index is 1.93. The molecule has 1 aliphatic rings. The lowest BCUT2D eigenvalue weighted by molar-refractivity contribution is 0.277. The zero-order valence-electron chi connectivity index (χ0n) is 10.2. The quantitative estimate of drug-likeness (QED) is 0.757. The SMILES string of the molecule is OB(O)c1ccc(CN2CCCCCC2)cc1. The summed E-state index contributed by atoms with van der Waals surface area (Å²) in [7, 11) is -1.36. The van der Waals surface area contributed by atoms with E-state index < -0.39 is 7.12 Å². The smallest absolute Gasteiger partial charge is 0.423 e. The molecule has 3 nitrogen and oxygen atoms in total. The van der Waals surface area contributed by atoms with Crippen LogP contribution in [-0.4, -0.2) is 35.2 Å². The van der Waals surface area contributed by atoms with Gasteiger partial charge in [-0.05, 0) is 37.0 Å². The molecule has 0 aromatic heterocycles. The minimum atomic E-state index is -1.36.